The molecule has 2 heteroatoms. The molecule has 0 bridgehead atoms. The second kappa shape index (κ2) is 42.5. The molecule has 0 aliphatic heterocycles. The Morgan fingerprint density at radius 1 is 0.283 bits per heavy atom. The van der Waals surface area contributed by atoms with Gasteiger partial charge in [0, 0.05) is 6.42 Å². The molecule has 276 valence electrons. The molecule has 0 fully saturated rings. The van der Waals surface area contributed by atoms with Crippen LogP contribution in [0.25, 0.3) is 0 Å². The number of hydrogen-bond acceptors (Lipinski definition) is 2. The Morgan fingerprint density at radius 2 is 0.478 bits per heavy atom. The number of hydrogen-bond donors (Lipinski definition) is 0. The molecule has 0 unspecified atom stereocenters. The SMILES string of the molecule is CCCCCCCCCCCCCCCCCCCCCCCCCCCCOC(=O)CCCCCCCCCCCCCCC. The molecule has 0 saturated carbocycles. The number of rotatable bonds is 41. The Bertz CT molecular complexity index is 544. The van der Waals surface area contributed by atoms with E-state index in [1.165, 1.54) is 238 Å². The fraction of sp³-hybridized carbons (Fsp3) is 0.977. The van der Waals surface area contributed by atoms with Crippen molar-refractivity contribution in [1.29, 1.82) is 0 Å². The molecular weight excluding hydrogens is 560 g/mol. The minimum Gasteiger partial charge on any atom is -0.466 e. The van der Waals surface area contributed by atoms with Gasteiger partial charge in [-0.05, 0) is 12.8 Å². The normalized spacial score (nSPS) is 11.4. The molecule has 46 heavy (non-hydrogen) atoms. The third kappa shape index (κ3) is 41.5. The van der Waals surface area contributed by atoms with Crippen molar-refractivity contribution in [2.24, 2.45) is 0 Å². The summed E-state index contributed by atoms with van der Waals surface area (Å²) in [6, 6.07) is 0. The van der Waals surface area contributed by atoms with Gasteiger partial charge in [-0.1, -0.05) is 251 Å². The highest BCUT2D eigenvalue weighted by Crippen LogP contribution is 2.17. The molecule has 0 aromatic heterocycles. The molecule has 2 nitrogen and oxygen atoms in total. The van der Waals surface area contributed by atoms with E-state index >= 15 is 0 Å². The van der Waals surface area contributed by atoms with Crippen molar-refractivity contribution in [3.05, 3.63) is 0 Å². The number of ether oxygens (including phenoxy) is 1. The van der Waals surface area contributed by atoms with Gasteiger partial charge in [0.15, 0.2) is 0 Å². The summed E-state index contributed by atoms with van der Waals surface area (Å²) in [7, 11) is 0. The van der Waals surface area contributed by atoms with Crippen LogP contribution in [-0.4, -0.2) is 12.6 Å². The van der Waals surface area contributed by atoms with E-state index in [1.807, 2.05) is 0 Å². The number of esters is 1. The van der Waals surface area contributed by atoms with Gasteiger partial charge < -0.3 is 4.74 Å². The topological polar surface area (TPSA) is 26.3 Å². The fourth-order valence-corrected chi connectivity index (χ4v) is 6.96. The first kappa shape index (κ1) is 45.5. The maximum absolute atomic E-state index is 12.0. The van der Waals surface area contributed by atoms with Crippen LogP contribution < -0.4 is 0 Å². The van der Waals surface area contributed by atoms with Crippen molar-refractivity contribution in [3.8, 4) is 0 Å². The van der Waals surface area contributed by atoms with Crippen LogP contribution in [-0.2, 0) is 9.53 Å². The molecule has 0 spiro atoms. The van der Waals surface area contributed by atoms with Crippen molar-refractivity contribution in [2.45, 2.75) is 271 Å². The summed E-state index contributed by atoms with van der Waals surface area (Å²) in [6.45, 7) is 5.23. The van der Waals surface area contributed by atoms with Gasteiger partial charge in [0.2, 0.25) is 0 Å². The van der Waals surface area contributed by atoms with E-state index in [4.69, 9.17) is 4.74 Å². The zero-order chi connectivity index (χ0) is 33.3. The zero-order valence-corrected chi connectivity index (χ0v) is 32.3. The Kier molecular flexibility index (Phi) is 42.0. The second-order valence-electron chi connectivity index (χ2n) is 15.1. The van der Waals surface area contributed by atoms with Crippen LogP contribution in [0, 0.1) is 0 Å². The van der Waals surface area contributed by atoms with Crippen LogP contribution in [0.1, 0.15) is 271 Å². The van der Waals surface area contributed by atoms with E-state index in [-0.39, 0.29) is 5.97 Å². The first-order chi connectivity index (χ1) is 22.8. The van der Waals surface area contributed by atoms with Gasteiger partial charge in [0.1, 0.15) is 0 Å². The third-order valence-electron chi connectivity index (χ3n) is 10.2. The summed E-state index contributed by atoms with van der Waals surface area (Å²) in [5.74, 6) is 0.0302. The number of carbonyl (C=O) groups is 1. The molecular formula is C44H88O2. The third-order valence-corrected chi connectivity index (χ3v) is 10.2. The predicted molar refractivity (Wildman–Crippen MR) is 207 cm³/mol. The lowest BCUT2D eigenvalue weighted by Gasteiger charge is -2.06. The first-order valence-corrected chi connectivity index (χ1v) is 22.0. The van der Waals surface area contributed by atoms with Crippen LogP contribution in [0.4, 0.5) is 0 Å². The molecule has 0 atom stereocenters. The van der Waals surface area contributed by atoms with Crippen LogP contribution >= 0.6 is 0 Å². The second-order valence-corrected chi connectivity index (χ2v) is 15.1. The van der Waals surface area contributed by atoms with Gasteiger partial charge in [-0.15, -0.1) is 0 Å². The van der Waals surface area contributed by atoms with Gasteiger partial charge >= 0.3 is 5.97 Å². The summed E-state index contributed by atoms with van der Waals surface area (Å²) < 4.78 is 5.46. The summed E-state index contributed by atoms with van der Waals surface area (Å²) in [6.07, 6.45) is 55.0. The van der Waals surface area contributed by atoms with Gasteiger partial charge in [-0.25, -0.2) is 0 Å². The summed E-state index contributed by atoms with van der Waals surface area (Å²) in [5, 5.41) is 0. The first-order valence-electron chi connectivity index (χ1n) is 22.0. The molecule has 0 radical (unpaired) electrons. The summed E-state index contributed by atoms with van der Waals surface area (Å²) in [5.41, 5.74) is 0. The minimum atomic E-state index is 0.0302. The molecule has 0 rings (SSSR count). The van der Waals surface area contributed by atoms with E-state index in [0.717, 1.165) is 12.8 Å². The number of carbonyl (C=O) groups excluding carboxylic acids is 1. The van der Waals surface area contributed by atoms with Gasteiger partial charge in [0.25, 0.3) is 0 Å². The highest BCUT2D eigenvalue weighted by molar-refractivity contribution is 5.69. The Balaban J connectivity index is 3.12. The highest BCUT2D eigenvalue weighted by Gasteiger charge is 2.03. The summed E-state index contributed by atoms with van der Waals surface area (Å²) in [4.78, 5) is 12.0. The molecule has 0 aromatic carbocycles. The van der Waals surface area contributed by atoms with E-state index in [1.54, 1.807) is 0 Å². The lowest BCUT2D eigenvalue weighted by Crippen LogP contribution is -2.05. The van der Waals surface area contributed by atoms with Crippen LogP contribution in [0.15, 0.2) is 0 Å². The lowest BCUT2D eigenvalue weighted by atomic mass is 10.0. The molecule has 0 aromatic rings. The summed E-state index contributed by atoms with van der Waals surface area (Å²) >= 11 is 0. The van der Waals surface area contributed by atoms with Crippen molar-refractivity contribution < 1.29 is 9.53 Å². The van der Waals surface area contributed by atoms with E-state index in [0.29, 0.717) is 13.0 Å². The van der Waals surface area contributed by atoms with Crippen LogP contribution in [0.2, 0.25) is 0 Å². The lowest BCUT2D eigenvalue weighted by molar-refractivity contribution is -0.143. The van der Waals surface area contributed by atoms with E-state index in [2.05, 4.69) is 13.8 Å². The smallest absolute Gasteiger partial charge is 0.305 e. The Morgan fingerprint density at radius 3 is 0.717 bits per heavy atom. The maximum atomic E-state index is 12.0. The largest absolute Gasteiger partial charge is 0.466 e. The van der Waals surface area contributed by atoms with Crippen LogP contribution in [0.3, 0.4) is 0 Å². The van der Waals surface area contributed by atoms with Crippen LogP contribution in [0.5, 0.6) is 0 Å². The number of unbranched alkanes of at least 4 members (excludes halogenated alkanes) is 37. The predicted octanol–water partition coefficient (Wildman–Crippen LogP) is 16.2. The molecule has 0 aliphatic carbocycles. The Hall–Kier alpha value is -0.530. The van der Waals surface area contributed by atoms with Crippen molar-refractivity contribution >= 4 is 5.97 Å². The average molecular weight is 649 g/mol. The van der Waals surface area contributed by atoms with Gasteiger partial charge in [-0.3, -0.25) is 4.79 Å². The zero-order valence-electron chi connectivity index (χ0n) is 32.3. The quantitative estimate of drug-likeness (QED) is 0.0487. The molecule has 0 aliphatic rings. The Labute approximate surface area is 292 Å². The van der Waals surface area contributed by atoms with Crippen molar-refractivity contribution in [3.63, 3.8) is 0 Å². The average Bonchev–Trinajstić information content (AvgIpc) is 3.06. The fourth-order valence-electron chi connectivity index (χ4n) is 6.96. The van der Waals surface area contributed by atoms with Gasteiger partial charge in [-0.2, -0.15) is 0 Å². The van der Waals surface area contributed by atoms with Gasteiger partial charge in [0.05, 0.1) is 6.61 Å². The highest BCUT2D eigenvalue weighted by atomic mass is 16.5. The van der Waals surface area contributed by atoms with E-state index < -0.39 is 0 Å². The molecule has 0 amide bonds. The van der Waals surface area contributed by atoms with Crippen molar-refractivity contribution in [1.82, 2.24) is 0 Å². The standard InChI is InChI=1S/C44H88O2/c1-3-5-7-9-11-13-15-17-18-19-20-21-22-23-24-25-26-27-28-29-31-33-35-37-39-41-43-46-44(45)42-40-38-36-34-32-30-16-14-12-10-8-6-4-2/h3-43H2,1-2H3. The molecule has 0 saturated heterocycles. The van der Waals surface area contributed by atoms with E-state index in [9.17, 15) is 4.79 Å². The minimum absolute atomic E-state index is 0.0302. The molecule has 0 N–H and O–H groups in total. The van der Waals surface area contributed by atoms with Crippen molar-refractivity contribution in [2.75, 3.05) is 6.61 Å². The molecule has 0 heterocycles. The maximum Gasteiger partial charge on any atom is 0.305 e. The monoisotopic (exact) mass is 649 g/mol.